The summed E-state index contributed by atoms with van der Waals surface area (Å²) in [5.41, 5.74) is 6.10. The molecule has 2 aromatic rings. The molecule has 0 spiro atoms. The number of nitrogens with one attached hydrogen (secondary N) is 1. The minimum absolute atomic E-state index is 0.0386. The van der Waals surface area contributed by atoms with Gasteiger partial charge in [-0.15, -0.1) is 0 Å². The van der Waals surface area contributed by atoms with E-state index in [1.54, 1.807) is 30.0 Å². The first kappa shape index (κ1) is 15.2. The molecule has 2 rings (SSSR count). The maximum Gasteiger partial charge on any atom is 0.258 e. The Labute approximate surface area is 123 Å². The molecule has 0 aliphatic carbocycles. The summed E-state index contributed by atoms with van der Waals surface area (Å²) in [4.78, 5) is 32.8. The number of carbonyl (C=O) groups is 1. The molecule has 1 aromatic heterocycles. The number of aromatic nitrogens is 2. The third-order valence-electron chi connectivity index (χ3n) is 3.23. The highest BCUT2D eigenvalue weighted by Gasteiger charge is 2.15. The lowest BCUT2D eigenvalue weighted by atomic mass is 10.2. The molecule has 0 bridgehead atoms. The average Bonchev–Trinajstić information content (AvgIpc) is 2.44. The van der Waals surface area contributed by atoms with E-state index in [1.807, 2.05) is 13.0 Å². The van der Waals surface area contributed by atoms with Crippen molar-refractivity contribution in [2.24, 2.45) is 5.73 Å². The number of fused-ring (bicyclic) bond motifs is 1. The normalized spacial score (nSPS) is 12.3. The first-order valence-electron chi connectivity index (χ1n) is 7.02. The van der Waals surface area contributed by atoms with Crippen LogP contribution in [0.5, 0.6) is 0 Å². The molecule has 1 aromatic carbocycles. The average molecular weight is 288 g/mol. The number of nitrogens with two attached hydrogens (primary N) is 1. The van der Waals surface area contributed by atoms with Gasteiger partial charge in [0.25, 0.3) is 5.56 Å². The molecule has 0 aliphatic heterocycles. The Balaban J connectivity index is 2.25. The van der Waals surface area contributed by atoms with E-state index in [2.05, 4.69) is 9.97 Å². The fourth-order valence-electron chi connectivity index (χ4n) is 2.17. The van der Waals surface area contributed by atoms with Crippen molar-refractivity contribution < 1.29 is 4.79 Å². The van der Waals surface area contributed by atoms with Crippen molar-refractivity contribution in [2.75, 3.05) is 6.54 Å². The Hall–Kier alpha value is -2.21. The fraction of sp³-hybridized carbons (Fsp3) is 0.400. The van der Waals surface area contributed by atoms with Crippen LogP contribution in [-0.2, 0) is 11.3 Å². The van der Waals surface area contributed by atoms with Crippen molar-refractivity contribution in [1.29, 1.82) is 0 Å². The third kappa shape index (κ3) is 3.66. The van der Waals surface area contributed by atoms with Gasteiger partial charge in [-0.1, -0.05) is 12.1 Å². The molecular formula is C15H20N4O2. The lowest BCUT2D eigenvalue weighted by Gasteiger charge is -2.21. The van der Waals surface area contributed by atoms with Crippen LogP contribution in [0.4, 0.5) is 0 Å². The van der Waals surface area contributed by atoms with Gasteiger partial charge in [0.05, 0.1) is 17.4 Å². The van der Waals surface area contributed by atoms with E-state index in [0.717, 1.165) is 0 Å². The number of nitrogens with zero attached hydrogens (tertiary/aromatic N) is 2. The molecule has 1 heterocycles. The van der Waals surface area contributed by atoms with E-state index in [-0.39, 0.29) is 30.5 Å². The molecule has 1 amide bonds. The number of H-pyrrole nitrogens is 1. The number of hydrogen-bond donors (Lipinski definition) is 2. The minimum atomic E-state index is -0.189. The van der Waals surface area contributed by atoms with Gasteiger partial charge < -0.3 is 15.6 Å². The molecule has 0 saturated heterocycles. The van der Waals surface area contributed by atoms with Crippen molar-refractivity contribution in [1.82, 2.24) is 14.9 Å². The van der Waals surface area contributed by atoms with Crippen molar-refractivity contribution in [3.05, 3.63) is 40.4 Å². The smallest absolute Gasteiger partial charge is 0.258 e. The molecule has 6 heteroatoms. The van der Waals surface area contributed by atoms with Gasteiger partial charge in [0.2, 0.25) is 5.91 Å². The van der Waals surface area contributed by atoms with Gasteiger partial charge in [0.15, 0.2) is 0 Å². The molecule has 0 saturated carbocycles. The molecular weight excluding hydrogens is 268 g/mol. The predicted octanol–water partition coefficient (Wildman–Crippen LogP) is 1.01. The summed E-state index contributed by atoms with van der Waals surface area (Å²) in [6, 6.07) is 6.95. The van der Waals surface area contributed by atoms with Crippen LogP contribution in [0.15, 0.2) is 29.1 Å². The van der Waals surface area contributed by atoms with E-state index in [9.17, 15) is 9.59 Å². The van der Waals surface area contributed by atoms with E-state index in [0.29, 0.717) is 23.3 Å². The summed E-state index contributed by atoms with van der Waals surface area (Å²) in [5, 5.41) is 0.547. The van der Waals surface area contributed by atoms with Crippen molar-refractivity contribution >= 4 is 16.8 Å². The second kappa shape index (κ2) is 6.49. The van der Waals surface area contributed by atoms with Crippen LogP contribution in [0.3, 0.4) is 0 Å². The second-order valence-electron chi connectivity index (χ2n) is 5.12. The molecule has 112 valence electrons. The topological polar surface area (TPSA) is 92.1 Å². The number of hydrogen-bond acceptors (Lipinski definition) is 4. The van der Waals surface area contributed by atoms with Crippen LogP contribution in [-0.4, -0.2) is 33.4 Å². The summed E-state index contributed by atoms with van der Waals surface area (Å²) < 4.78 is 0. The van der Waals surface area contributed by atoms with Gasteiger partial charge >= 0.3 is 0 Å². The number of rotatable bonds is 5. The molecule has 21 heavy (non-hydrogen) atoms. The SMILES string of the molecule is CCN(Cc1nc2ccccc2c(=O)[nH]1)C(=O)CC(C)N. The van der Waals surface area contributed by atoms with E-state index < -0.39 is 0 Å². The predicted molar refractivity (Wildman–Crippen MR) is 81.7 cm³/mol. The number of carbonyl (C=O) groups excluding carboxylic acids is 1. The van der Waals surface area contributed by atoms with Crippen LogP contribution in [0, 0.1) is 0 Å². The van der Waals surface area contributed by atoms with Crippen molar-refractivity contribution in [3.63, 3.8) is 0 Å². The highest BCUT2D eigenvalue weighted by atomic mass is 16.2. The molecule has 6 nitrogen and oxygen atoms in total. The molecule has 0 aliphatic rings. The summed E-state index contributed by atoms with van der Waals surface area (Å²) in [7, 11) is 0. The van der Waals surface area contributed by atoms with Gasteiger partial charge in [0, 0.05) is 19.0 Å². The van der Waals surface area contributed by atoms with Crippen LogP contribution in [0.25, 0.3) is 10.9 Å². The monoisotopic (exact) mass is 288 g/mol. The summed E-state index contributed by atoms with van der Waals surface area (Å²) in [5.74, 6) is 0.446. The maximum absolute atomic E-state index is 12.1. The standard InChI is InChI=1S/C15H20N4O2/c1-3-19(14(20)8-10(2)16)9-13-17-12-7-5-4-6-11(12)15(21)18-13/h4-7,10H,3,8-9,16H2,1-2H3,(H,17,18,21). The summed E-state index contributed by atoms with van der Waals surface area (Å²) in [6.07, 6.45) is 0.283. The Morgan fingerprint density at radius 1 is 1.43 bits per heavy atom. The zero-order valence-electron chi connectivity index (χ0n) is 12.3. The zero-order chi connectivity index (χ0) is 15.4. The van der Waals surface area contributed by atoms with Crippen molar-refractivity contribution in [3.8, 4) is 0 Å². The van der Waals surface area contributed by atoms with E-state index in [1.165, 1.54) is 0 Å². The quantitative estimate of drug-likeness (QED) is 0.858. The molecule has 3 N–H and O–H groups in total. The first-order chi connectivity index (χ1) is 10.0. The third-order valence-corrected chi connectivity index (χ3v) is 3.23. The van der Waals surface area contributed by atoms with Gasteiger partial charge in [0.1, 0.15) is 5.82 Å². The highest BCUT2D eigenvalue weighted by Crippen LogP contribution is 2.08. The molecule has 0 radical (unpaired) electrons. The number of benzene rings is 1. The molecule has 1 unspecified atom stereocenters. The number of amides is 1. The highest BCUT2D eigenvalue weighted by molar-refractivity contribution is 5.78. The molecule has 1 atom stereocenters. The van der Waals surface area contributed by atoms with Crippen LogP contribution >= 0.6 is 0 Å². The fourth-order valence-corrected chi connectivity index (χ4v) is 2.17. The Morgan fingerprint density at radius 3 is 2.81 bits per heavy atom. The number of aromatic amines is 1. The lowest BCUT2D eigenvalue weighted by molar-refractivity contribution is -0.132. The Bertz CT molecular complexity index is 693. The number of para-hydroxylation sites is 1. The lowest BCUT2D eigenvalue weighted by Crippen LogP contribution is -2.35. The van der Waals surface area contributed by atoms with Gasteiger partial charge in [-0.2, -0.15) is 0 Å². The molecule has 0 fully saturated rings. The minimum Gasteiger partial charge on any atom is -0.335 e. The Kier molecular flexibility index (Phi) is 4.70. The van der Waals surface area contributed by atoms with E-state index in [4.69, 9.17) is 5.73 Å². The summed E-state index contributed by atoms with van der Waals surface area (Å²) in [6.45, 7) is 4.50. The van der Waals surface area contributed by atoms with Gasteiger partial charge in [-0.3, -0.25) is 9.59 Å². The van der Waals surface area contributed by atoms with Crippen LogP contribution in [0.2, 0.25) is 0 Å². The second-order valence-corrected chi connectivity index (χ2v) is 5.12. The largest absolute Gasteiger partial charge is 0.335 e. The van der Waals surface area contributed by atoms with Crippen LogP contribution in [0.1, 0.15) is 26.1 Å². The van der Waals surface area contributed by atoms with E-state index >= 15 is 0 Å². The van der Waals surface area contributed by atoms with Crippen LogP contribution < -0.4 is 11.3 Å². The summed E-state index contributed by atoms with van der Waals surface area (Å²) >= 11 is 0. The van der Waals surface area contributed by atoms with Gasteiger partial charge in [-0.05, 0) is 26.0 Å². The van der Waals surface area contributed by atoms with Crippen molar-refractivity contribution in [2.45, 2.75) is 32.9 Å². The Morgan fingerprint density at radius 2 is 2.14 bits per heavy atom. The first-order valence-corrected chi connectivity index (χ1v) is 7.02. The maximum atomic E-state index is 12.1. The zero-order valence-corrected chi connectivity index (χ0v) is 12.3. The van der Waals surface area contributed by atoms with Gasteiger partial charge in [-0.25, -0.2) is 4.98 Å².